The Hall–Kier alpha value is -0.650. The Morgan fingerprint density at radius 1 is 1.50 bits per heavy atom. The first-order chi connectivity index (χ1) is 6.74. The van der Waals surface area contributed by atoms with Crippen LogP contribution < -0.4 is 5.32 Å². The van der Waals surface area contributed by atoms with Gasteiger partial charge in [-0.3, -0.25) is 4.79 Å². The molecule has 0 aliphatic rings. The number of carbonyl (C=O) groups excluding carboxylic acids is 1. The fraction of sp³-hybridized carbons (Fsp3) is 0.889. The number of carbonyl (C=O) groups is 1. The van der Waals surface area contributed by atoms with Crippen LogP contribution in [0.3, 0.4) is 0 Å². The summed E-state index contributed by atoms with van der Waals surface area (Å²) in [5.74, 6) is -0.206. The van der Waals surface area contributed by atoms with Crippen LogP contribution in [0.1, 0.15) is 13.3 Å². The van der Waals surface area contributed by atoms with Crippen molar-refractivity contribution in [3.05, 3.63) is 0 Å². The Labute approximate surface area is 84.4 Å². The Balaban J connectivity index is 3.44. The number of hydrogen-bond donors (Lipinski definition) is 2. The minimum Gasteiger partial charge on any atom is -0.394 e. The Kier molecular flexibility index (Phi) is 8.51. The maximum atomic E-state index is 11.1. The van der Waals surface area contributed by atoms with Crippen LogP contribution in [-0.4, -0.2) is 50.6 Å². The summed E-state index contributed by atoms with van der Waals surface area (Å²) in [5.41, 5.74) is 0. The molecule has 0 aromatic heterocycles. The summed E-state index contributed by atoms with van der Waals surface area (Å²) < 4.78 is 9.76. The van der Waals surface area contributed by atoms with E-state index in [1.54, 1.807) is 7.11 Å². The smallest absolute Gasteiger partial charge is 0.246 e. The van der Waals surface area contributed by atoms with E-state index in [0.29, 0.717) is 19.6 Å². The molecule has 5 nitrogen and oxygen atoms in total. The molecular weight excluding hydrogens is 186 g/mol. The van der Waals surface area contributed by atoms with E-state index in [-0.39, 0.29) is 25.2 Å². The zero-order valence-corrected chi connectivity index (χ0v) is 8.78. The third kappa shape index (κ3) is 6.82. The minimum absolute atomic E-state index is 0.0137. The number of aliphatic hydroxyl groups is 1. The van der Waals surface area contributed by atoms with Crippen molar-refractivity contribution in [3.8, 4) is 0 Å². The first-order valence-corrected chi connectivity index (χ1v) is 4.71. The lowest BCUT2D eigenvalue weighted by molar-refractivity contribution is -0.127. The van der Waals surface area contributed by atoms with E-state index < -0.39 is 0 Å². The highest BCUT2D eigenvalue weighted by atomic mass is 16.5. The fourth-order valence-electron chi connectivity index (χ4n) is 0.853. The second-order valence-corrected chi connectivity index (χ2v) is 2.90. The zero-order chi connectivity index (χ0) is 10.8. The van der Waals surface area contributed by atoms with Crippen molar-refractivity contribution in [2.45, 2.75) is 19.4 Å². The number of hydrogen-bond acceptors (Lipinski definition) is 4. The normalized spacial score (nSPS) is 12.5. The van der Waals surface area contributed by atoms with E-state index in [9.17, 15) is 4.79 Å². The lowest BCUT2D eigenvalue weighted by Crippen LogP contribution is -2.39. The monoisotopic (exact) mass is 205 g/mol. The molecule has 14 heavy (non-hydrogen) atoms. The molecule has 84 valence electrons. The summed E-state index contributed by atoms with van der Waals surface area (Å²) in [6.07, 6.45) is 0.709. The lowest BCUT2D eigenvalue weighted by Gasteiger charge is -2.13. The van der Waals surface area contributed by atoms with E-state index in [1.165, 1.54) is 0 Å². The molecule has 0 bridgehead atoms. The Bertz CT molecular complexity index is 148. The van der Waals surface area contributed by atoms with Crippen molar-refractivity contribution < 1.29 is 19.4 Å². The highest BCUT2D eigenvalue weighted by molar-refractivity contribution is 5.77. The van der Waals surface area contributed by atoms with Gasteiger partial charge >= 0.3 is 0 Å². The Morgan fingerprint density at radius 2 is 2.21 bits per heavy atom. The summed E-state index contributed by atoms with van der Waals surface area (Å²) in [4.78, 5) is 11.1. The molecule has 0 saturated carbocycles. The number of amides is 1. The van der Waals surface area contributed by atoms with Gasteiger partial charge in [-0.15, -0.1) is 0 Å². The third-order valence-corrected chi connectivity index (χ3v) is 1.74. The van der Waals surface area contributed by atoms with Crippen molar-refractivity contribution in [2.24, 2.45) is 0 Å². The van der Waals surface area contributed by atoms with E-state index in [0.717, 1.165) is 0 Å². The van der Waals surface area contributed by atoms with Gasteiger partial charge < -0.3 is 19.9 Å². The van der Waals surface area contributed by atoms with Crippen LogP contribution in [0.15, 0.2) is 0 Å². The SMILES string of the molecule is CCC(CO)NC(=O)COCCOC. The average Bonchev–Trinajstić information content (AvgIpc) is 2.21. The molecule has 1 amide bonds. The first-order valence-electron chi connectivity index (χ1n) is 4.71. The lowest BCUT2D eigenvalue weighted by atomic mass is 10.2. The largest absolute Gasteiger partial charge is 0.394 e. The molecule has 0 radical (unpaired) electrons. The maximum absolute atomic E-state index is 11.1. The van der Waals surface area contributed by atoms with Gasteiger partial charge in [-0.2, -0.15) is 0 Å². The molecule has 0 fully saturated rings. The number of ether oxygens (including phenoxy) is 2. The summed E-state index contributed by atoms with van der Waals surface area (Å²) in [5, 5.41) is 11.4. The van der Waals surface area contributed by atoms with Crippen LogP contribution in [0, 0.1) is 0 Å². The summed E-state index contributed by atoms with van der Waals surface area (Å²) >= 11 is 0. The third-order valence-electron chi connectivity index (χ3n) is 1.74. The molecule has 0 aliphatic carbocycles. The second-order valence-electron chi connectivity index (χ2n) is 2.90. The summed E-state index contributed by atoms with van der Waals surface area (Å²) in [6.45, 7) is 2.75. The second kappa shape index (κ2) is 8.93. The van der Waals surface area contributed by atoms with Gasteiger partial charge in [-0.25, -0.2) is 0 Å². The van der Waals surface area contributed by atoms with Gasteiger partial charge in [0.05, 0.1) is 25.9 Å². The van der Waals surface area contributed by atoms with E-state index in [1.807, 2.05) is 6.92 Å². The number of aliphatic hydroxyl groups excluding tert-OH is 1. The number of methoxy groups -OCH3 is 1. The van der Waals surface area contributed by atoms with E-state index in [2.05, 4.69) is 5.32 Å². The topological polar surface area (TPSA) is 67.8 Å². The van der Waals surface area contributed by atoms with Crippen LogP contribution in [0.5, 0.6) is 0 Å². The van der Waals surface area contributed by atoms with Gasteiger partial charge in [-0.05, 0) is 6.42 Å². The molecule has 0 aromatic carbocycles. The number of rotatable bonds is 8. The zero-order valence-electron chi connectivity index (χ0n) is 8.78. The van der Waals surface area contributed by atoms with Gasteiger partial charge in [0.1, 0.15) is 6.61 Å². The molecule has 0 spiro atoms. The fourth-order valence-corrected chi connectivity index (χ4v) is 0.853. The quantitative estimate of drug-likeness (QED) is 0.526. The van der Waals surface area contributed by atoms with Crippen molar-refractivity contribution in [3.63, 3.8) is 0 Å². The van der Waals surface area contributed by atoms with Crippen LogP contribution in [-0.2, 0) is 14.3 Å². The molecule has 0 aromatic rings. The van der Waals surface area contributed by atoms with Crippen molar-refractivity contribution >= 4 is 5.91 Å². The predicted octanol–water partition coefficient (Wildman–Crippen LogP) is -0.463. The molecule has 0 saturated heterocycles. The van der Waals surface area contributed by atoms with E-state index in [4.69, 9.17) is 14.6 Å². The molecule has 0 heterocycles. The molecule has 5 heteroatoms. The molecule has 1 atom stereocenters. The van der Waals surface area contributed by atoms with Crippen molar-refractivity contribution in [2.75, 3.05) is 33.5 Å². The van der Waals surface area contributed by atoms with Gasteiger partial charge in [-0.1, -0.05) is 6.92 Å². The average molecular weight is 205 g/mol. The molecule has 1 unspecified atom stereocenters. The molecule has 0 aliphatic heterocycles. The summed E-state index contributed by atoms with van der Waals surface area (Å²) in [7, 11) is 1.57. The van der Waals surface area contributed by atoms with Crippen molar-refractivity contribution in [1.29, 1.82) is 0 Å². The highest BCUT2D eigenvalue weighted by Gasteiger charge is 2.08. The van der Waals surface area contributed by atoms with Gasteiger partial charge in [0.2, 0.25) is 5.91 Å². The summed E-state index contributed by atoms with van der Waals surface area (Å²) in [6, 6.07) is -0.173. The predicted molar refractivity (Wildman–Crippen MR) is 52.0 cm³/mol. The molecule has 2 N–H and O–H groups in total. The minimum atomic E-state index is -0.206. The van der Waals surface area contributed by atoms with Crippen molar-refractivity contribution in [1.82, 2.24) is 5.32 Å². The highest BCUT2D eigenvalue weighted by Crippen LogP contribution is 1.88. The molecule has 0 rings (SSSR count). The first kappa shape index (κ1) is 13.4. The maximum Gasteiger partial charge on any atom is 0.246 e. The van der Waals surface area contributed by atoms with Gasteiger partial charge in [0.15, 0.2) is 0 Å². The van der Waals surface area contributed by atoms with Gasteiger partial charge in [0.25, 0.3) is 0 Å². The number of nitrogens with one attached hydrogen (secondary N) is 1. The van der Waals surface area contributed by atoms with Gasteiger partial charge in [0, 0.05) is 7.11 Å². The van der Waals surface area contributed by atoms with E-state index >= 15 is 0 Å². The van der Waals surface area contributed by atoms with Crippen LogP contribution in [0.4, 0.5) is 0 Å². The standard InChI is InChI=1S/C9H19NO4/c1-3-8(6-11)10-9(12)7-14-5-4-13-2/h8,11H,3-7H2,1-2H3,(H,10,12). The van der Waals surface area contributed by atoms with Crippen LogP contribution >= 0.6 is 0 Å². The molecular formula is C9H19NO4. The van der Waals surface area contributed by atoms with Crippen LogP contribution in [0.25, 0.3) is 0 Å². The van der Waals surface area contributed by atoms with Crippen LogP contribution in [0.2, 0.25) is 0 Å². The Morgan fingerprint density at radius 3 is 2.71 bits per heavy atom.